The molecule has 0 saturated carbocycles. The maximum Gasteiger partial charge on any atom is 0.207 e. The van der Waals surface area contributed by atoms with E-state index in [1.54, 1.807) is 0 Å². The fourth-order valence-electron chi connectivity index (χ4n) is 4.61. The number of hydrogen-bond acceptors (Lipinski definition) is 3. The predicted octanol–water partition coefficient (Wildman–Crippen LogP) is 5.16. The van der Waals surface area contributed by atoms with Crippen LogP contribution in [0.2, 0.25) is 0 Å². The van der Waals surface area contributed by atoms with Gasteiger partial charge in [-0.15, -0.1) is 0 Å². The van der Waals surface area contributed by atoms with Crippen LogP contribution in [0.15, 0.2) is 41.4 Å². The highest BCUT2D eigenvalue weighted by Crippen LogP contribution is 2.51. The van der Waals surface area contributed by atoms with Crippen LogP contribution in [-0.2, 0) is 0 Å². The Morgan fingerprint density at radius 1 is 1.17 bits per heavy atom. The molecule has 2 heterocycles. The molecule has 3 heteroatoms. The minimum Gasteiger partial charge on any atom is -0.464 e. The number of piperidine rings is 1. The summed E-state index contributed by atoms with van der Waals surface area (Å²) in [7, 11) is 2.18. The molecule has 24 heavy (non-hydrogen) atoms. The summed E-state index contributed by atoms with van der Waals surface area (Å²) in [5.41, 5.74) is 1.73. The molecular formula is C21H26N2O. The monoisotopic (exact) mass is 322 g/mol. The Hall–Kier alpha value is -1.87. The molecule has 2 aromatic carbocycles. The second-order valence-corrected chi connectivity index (χ2v) is 7.70. The second-order valence-electron chi connectivity index (χ2n) is 7.70. The number of ether oxygens (including phenoxy) is 1. The maximum absolute atomic E-state index is 6.79. The number of fused-ring (bicyclic) bond motifs is 3. The zero-order valence-electron chi connectivity index (χ0n) is 15.1. The SMILES string of the molecule is CCC1=Nc2c(ccc3ccccc23)OC12N(C)CCCC2(C)C. The summed E-state index contributed by atoms with van der Waals surface area (Å²) in [4.78, 5) is 7.54. The number of nitrogens with zero attached hydrogens (tertiary/aromatic N) is 2. The molecule has 3 nitrogen and oxygen atoms in total. The van der Waals surface area contributed by atoms with E-state index in [9.17, 15) is 0 Å². The molecule has 126 valence electrons. The van der Waals surface area contributed by atoms with Crippen LogP contribution >= 0.6 is 0 Å². The van der Waals surface area contributed by atoms with Gasteiger partial charge in [-0.05, 0) is 37.8 Å². The molecule has 1 fully saturated rings. The largest absolute Gasteiger partial charge is 0.464 e. The molecule has 1 saturated heterocycles. The highest BCUT2D eigenvalue weighted by atomic mass is 16.5. The first-order valence-electron chi connectivity index (χ1n) is 8.99. The Balaban J connectivity index is 1.97. The van der Waals surface area contributed by atoms with Gasteiger partial charge in [-0.1, -0.05) is 51.1 Å². The van der Waals surface area contributed by atoms with Gasteiger partial charge in [0.25, 0.3) is 0 Å². The fraction of sp³-hybridized carbons (Fsp3) is 0.476. The van der Waals surface area contributed by atoms with Crippen LogP contribution in [0.25, 0.3) is 10.8 Å². The van der Waals surface area contributed by atoms with Crippen molar-refractivity contribution in [2.24, 2.45) is 10.4 Å². The summed E-state index contributed by atoms with van der Waals surface area (Å²) in [5.74, 6) is 0.910. The number of rotatable bonds is 1. The zero-order valence-corrected chi connectivity index (χ0v) is 15.1. The van der Waals surface area contributed by atoms with Gasteiger partial charge in [0.05, 0.1) is 5.71 Å². The van der Waals surface area contributed by atoms with Gasteiger partial charge < -0.3 is 4.74 Å². The average molecular weight is 322 g/mol. The Bertz CT molecular complexity index is 824. The van der Waals surface area contributed by atoms with Gasteiger partial charge in [0, 0.05) is 17.3 Å². The topological polar surface area (TPSA) is 24.8 Å². The Morgan fingerprint density at radius 3 is 2.71 bits per heavy atom. The lowest BCUT2D eigenvalue weighted by molar-refractivity contribution is -0.127. The van der Waals surface area contributed by atoms with Gasteiger partial charge in [0.15, 0.2) is 0 Å². The molecule has 4 rings (SSSR count). The fourth-order valence-corrected chi connectivity index (χ4v) is 4.61. The molecule has 0 radical (unpaired) electrons. The normalized spacial score (nSPS) is 26.1. The third-order valence-electron chi connectivity index (χ3n) is 5.84. The molecular weight excluding hydrogens is 296 g/mol. The summed E-state index contributed by atoms with van der Waals surface area (Å²) < 4.78 is 6.79. The minimum atomic E-state index is -0.435. The lowest BCUT2D eigenvalue weighted by Gasteiger charge is -2.56. The number of aliphatic imine (C=N–C) groups is 1. The van der Waals surface area contributed by atoms with Crippen LogP contribution in [0.4, 0.5) is 5.69 Å². The van der Waals surface area contributed by atoms with Crippen molar-refractivity contribution >= 4 is 22.2 Å². The van der Waals surface area contributed by atoms with Crippen LogP contribution in [-0.4, -0.2) is 29.9 Å². The van der Waals surface area contributed by atoms with E-state index in [1.165, 1.54) is 17.2 Å². The van der Waals surface area contributed by atoms with Crippen LogP contribution in [0.5, 0.6) is 5.75 Å². The first-order valence-corrected chi connectivity index (χ1v) is 8.99. The van der Waals surface area contributed by atoms with Gasteiger partial charge >= 0.3 is 0 Å². The summed E-state index contributed by atoms with van der Waals surface area (Å²) in [6.07, 6.45) is 3.26. The smallest absolute Gasteiger partial charge is 0.207 e. The summed E-state index contributed by atoms with van der Waals surface area (Å²) in [6.45, 7) is 7.88. The van der Waals surface area contributed by atoms with E-state index in [0.717, 1.165) is 36.5 Å². The van der Waals surface area contributed by atoms with Crippen molar-refractivity contribution in [3.8, 4) is 5.75 Å². The number of likely N-dealkylation sites (tertiary alicyclic amines) is 1. The lowest BCUT2D eigenvalue weighted by Crippen LogP contribution is -2.68. The van der Waals surface area contributed by atoms with Gasteiger partial charge in [0.1, 0.15) is 11.4 Å². The van der Waals surface area contributed by atoms with Crippen LogP contribution in [0.1, 0.15) is 40.0 Å². The van der Waals surface area contributed by atoms with Crippen molar-refractivity contribution in [3.05, 3.63) is 36.4 Å². The third-order valence-corrected chi connectivity index (χ3v) is 5.84. The molecule has 0 aliphatic carbocycles. The molecule has 0 N–H and O–H groups in total. The van der Waals surface area contributed by atoms with Crippen LogP contribution in [0.3, 0.4) is 0 Å². The molecule has 2 aliphatic heterocycles. The van der Waals surface area contributed by atoms with E-state index in [2.05, 4.69) is 69.1 Å². The molecule has 0 aromatic heterocycles. The summed E-state index contributed by atoms with van der Waals surface area (Å²) in [6, 6.07) is 12.7. The maximum atomic E-state index is 6.79. The second kappa shape index (κ2) is 5.32. The molecule has 1 spiro atoms. The predicted molar refractivity (Wildman–Crippen MR) is 100 cm³/mol. The standard InChI is InChI=1S/C21H26N2O/c1-5-18-21(20(2,3)13-8-14-23(21)4)24-17-12-11-15-9-6-7-10-16(15)19(17)22-18/h6-7,9-12H,5,8,13-14H2,1-4H3. The van der Waals surface area contributed by atoms with Crippen molar-refractivity contribution in [3.63, 3.8) is 0 Å². The van der Waals surface area contributed by atoms with Gasteiger partial charge in [-0.25, -0.2) is 4.99 Å². The Labute approximate surface area is 144 Å². The highest BCUT2D eigenvalue weighted by Gasteiger charge is 2.57. The van der Waals surface area contributed by atoms with Crippen molar-refractivity contribution < 1.29 is 4.74 Å². The van der Waals surface area contributed by atoms with E-state index < -0.39 is 5.72 Å². The van der Waals surface area contributed by atoms with Gasteiger partial charge in [0.2, 0.25) is 5.72 Å². The van der Waals surface area contributed by atoms with Gasteiger partial charge in [-0.2, -0.15) is 0 Å². The zero-order chi connectivity index (χ0) is 16.9. The quantitative estimate of drug-likeness (QED) is 0.724. The van der Waals surface area contributed by atoms with E-state index >= 15 is 0 Å². The number of benzene rings is 2. The van der Waals surface area contributed by atoms with Gasteiger partial charge in [-0.3, -0.25) is 4.90 Å². The Morgan fingerprint density at radius 2 is 1.96 bits per heavy atom. The minimum absolute atomic E-state index is 0.0260. The van der Waals surface area contributed by atoms with E-state index in [4.69, 9.17) is 9.73 Å². The van der Waals surface area contributed by atoms with Crippen LogP contribution < -0.4 is 4.74 Å². The Kier molecular flexibility index (Phi) is 3.47. The van der Waals surface area contributed by atoms with Crippen molar-refractivity contribution in [1.29, 1.82) is 0 Å². The van der Waals surface area contributed by atoms with E-state index in [1.807, 2.05) is 0 Å². The van der Waals surface area contributed by atoms with Crippen molar-refractivity contribution in [2.75, 3.05) is 13.6 Å². The molecule has 0 amide bonds. The summed E-state index contributed by atoms with van der Waals surface area (Å²) in [5, 5.41) is 2.39. The van der Waals surface area contributed by atoms with E-state index in [0.29, 0.717) is 0 Å². The number of hydrogen-bond donors (Lipinski definition) is 0. The average Bonchev–Trinajstić information content (AvgIpc) is 2.58. The summed E-state index contributed by atoms with van der Waals surface area (Å²) >= 11 is 0. The molecule has 1 atom stereocenters. The van der Waals surface area contributed by atoms with Crippen molar-refractivity contribution in [2.45, 2.75) is 45.8 Å². The first-order chi connectivity index (χ1) is 11.5. The highest BCUT2D eigenvalue weighted by molar-refractivity contribution is 6.03. The molecule has 0 bridgehead atoms. The van der Waals surface area contributed by atoms with Crippen LogP contribution in [0, 0.1) is 5.41 Å². The molecule has 1 unspecified atom stereocenters. The molecule has 2 aliphatic rings. The third kappa shape index (κ3) is 1.97. The van der Waals surface area contributed by atoms with Crippen molar-refractivity contribution in [1.82, 2.24) is 4.90 Å². The first kappa shape index (κ1) is 15.6. The van der Waals surface area contributed by atoms with E-state index in [-0.39, 0.29) is 5.41 Å². The lowest BCUT2D eigenvalue weighted by atomic mass is 9.70. The molecule has 2 aromatic rings.